The zero-order valence-electron chi connectivity index (χ0n) is 10.3. The molecule has 8 nitrogen and oxygen atoms in total. The molecule has 2 rings (SSSR count). The first kappa shape index (κ1) is 14.0. The quantitative estimate of drug-likeness (QED) is 0.504. The number of carbonyl (C=O) groups is 1. The highest BCUT2D eigenvalue weighted by atomic mass is 32.2. The summed E-state index contributed by atoms with van der Waals surface area (Å²) in [6.07, 6.45) is 0. The Morgan fingerprint density at radius 2 is 2.25 bits per heavy atom. The van der Waals surface area contributed by atoms with Crippen LogP contribution in [0.4, 0.5) is 5.69 Å². The number of nitro benzene ring substituents is 1. The molecule has 0 saturated carbocycles. The third-order valence-corrected chi connectivity index (χ3v) is 3.34. The van der Waals surface area contributed by atoms with Gasteiger partial charge in [0, 0.05) is 17.7 Å². The van der Waals surface area contributed by atoms with Gasteiger partial charge >= 0.3 is 0 Å². The van der Waals surface area contributed by atoms with Gasteiger partial charge in [-0.1, -0.05) is 17.8 Å². The Labute approximate surface area is 117 Å². The van der Waals surface area contributed by atoms with E-state index in [1.807, 2.05) is 0 Å². The van der Waals surface area contributed by atoms with E-state index in [-0.39, 0.29) is 16.8 Å². The Morgan fingerprint density at radius 3 is 2.90 bits per heavy atom. The molecule has 0 spiro atoms. The smallest absolute Gasteiger partial charge is 0.277 e. The van der Waals surface area contributed by atoms with E-state index in [2.05, 4.69) is 10.2 Å². The van der Waals surface area contributed by atoms with Crippen LogP contribution >= 0.6 is 11.8 Å². The Hall–Kier alpha value is -2.42. The highest BCUT2D eigenvalue weighted by molar-refractivity contribution is 8.00. The van der Waals surface area contributed by atoms with E-state index in [9.17, 15) is 14.9 Å². The minimum absolute atomic E-state index is 0.0691. The number of hydrogen-bond acceptors (Lipinski definition) is 7. The lowest BCUT2D eigenvalue weighted by atomic mass is 10.2. The molecule has 0 saturated heterocycles. The van der Waals surface area contributed by atoms with Crippen molar-refractivity contribution in [2.24, 2.45) is 5.73 Å². The van der Waals surface area contributed by atoms with Crippen LogP contribution in [0.3, 0.4) is 0 Å². The number of aromatic nitrogens is 2. The van der Waals surface area contributed by atoms with Gasteiger partial charge in [0.05, 0.1) is 10.2 Å². The Balaban J connectivity index is 2.22. The summed E-state index contributed by atoms with van der Waals surface area (Å²) in [4.78, 5) is 21.1. The Kier molecular flexibility index (Phi) is 3.99. The molecular weight excluding hydrogens is 284 g/mol. The van der Waals surface area contributed by atoms with Crippen molar-refractivity contribution in [3.8, 4) is 11.5 Å². The van der Waals surface area contributed by atoms with Crippen LogP contribution < -0.4 is 5.73 Å². The standard InChI is InChI=1S/C11H10N4O4S/c1-6(9(12)16)20-11-14-13-10(19-11)7-3-2-4-8(5-7)15(17)18/h2-6H,1H3,(H2,12,16)/t6-/m0/s1. The van der Waals surface area contributed by atoms with Gasteiger partial charge in [-0.15, -0.1) is 10.2 Å². The van der Waals surface area contributed by atoms with Crippen LogP contribution in [0.2, 0.25) is 0 Å². The fourth-order valence-corrected chi connectivity index (χ4v) is 1.97. The molecule has 2 N–H and O–H groups in total. The molecule has 104 valence electrons. The second kappa shape index (κ2) is 5.70. The number of amides is 1. The number of nitro groups is 1. The highest BCUT2D eigenvalue weighted by Crippen LogP contribution is 2.27. The second-order valence-electron chi connectivity index (χ2n) is 3.84. The van der Waals surface area contributed by atoms with E-state index < -0.39 is 16.1 Å². The molecule has 20 heavy (non-hydrogen) atoms. The third-order valence-electron chi connectivity index (χ3n) is 2.39. The van der Waals surface area contributed by atoms with Crippen molar-refractivity contribution in [3.05, 3.63) is 34.4 Å². The summed E-state index contributed by atoms with van der Waals surface area (Å²) in [6.45, 7) is 1.62. The average Bonchev–Trinajstić information content (AvgIpc) is 2.87. The molecular formula is C11H10N4O4S. The molecule has 2 aromatic rings. The van der Waals surface area contributed by atoms with E-state index in [4.69, 9.17) is 10.2 Å². The van der Waals surface area contributed by atoms with Crippen LogP contribution in [0.25, 0.3) is 11.5 Å². The predicted octanol–water partition coefficient (Wildman–Crippen LogP) is 1.61. The van der Waals surface area contributed by atoms with Crippen LogP contribution in [0.1, 0.15) is 6.92 Å². The molecule has 0 aliphatic heterocycles. The molecule has 0 fully saturated rings. The molecule has 1 atom stereocenters. The van der Waals surface area contributed by atoms with Crippen molar-refractivity contribution in [2.45, 2.75) is 17.4 Å². The van der Waals surface area contributed by atoms with Crippen molar-refractivity contribution in [2.75, 3.05) is 0 Å². The zero-order chi connectivity index (χ0) is 14.7. The van der Waals surface area contributed by atoms with E-state index in [0.29, 0.717) is 5.56 Å². The maximum absolute atomic E-state index is 10.9. The van der Waals surface area contributed by atoms with Gasteiger partial charge in [0.15, 0.2) is 0 Å². The minimum atomic E-state index is -0.509. The van der Waals surface area contributed by atoms with Crippen molar-refractivity contribution in [1.82, 2.24) is 10.2 Å². The van der Waals surface area contributed by atoms with Crippen molar-refractivity contribution >= 4 is 23.4 Å². The average molecular weight is 294 g/mol. The number of non-ortho nitro benzene ring substituents is 1. The van der Waals surface area contributed by atoms with Gasteiger partial charge in [0.2, 0.25) is 11.8 Å². The fraction of sp³-hybridized carbons (Fsp3) is 0.182. The first-order chi connectivity index (χ1) is 9.47. The van der Waals surface area contributed by atoms with Gasteiger partial charge in [-0.25, -0.2) is 0 Å². The van der Waals surface area contributed by atoms with Gasteiger partial charge in [-0.05, 0) is 13.0 Å². The summed E-state index contributed by atoms with van der Waals surface area (Å²) < 4.78 is 5.34. The van der Waals surface area contributed by atoms with Crippen LogP contribution in [-0.4, -0.2) is 26.3 Å². The monoisotopic (exact) mass is 294 g/mol. The van der Waals surface area contributed by atoms with Crippen molar-refractivity contribution < 1.29 is 14.1 Å². The van der Waals surface area contributed by atoms with Crippen LogP contribution in [0.15, 0.2) is 33.9 Å². The van der Waals surface area contributed by atoms with E-state index in [0.717, 1.165) is 11.8 Å². The number of carbonyl (C=O) groups excluding carboxylic acids is 1. The summed E-state index contributed by atoms with van der Waals surface area (Å²) in [5.41, 5.74) is 5.50. The summed E-state index contributed by atoms with van der Waals surface area (Å²) in [5.74, 6) is -0.349. The van der Waals surface area contributed by atoms with Gasteiger partial charge in [0.1, 0.15) is 0 Å². The van der Waals surface area contributed by atoms with Gasteiger partial charge in [-0.3, -0.25) is 14.9 Å². The number of hydrogen-bond donors (Lipinski definition) is 1. The maximum Gasteiger partial charge on any atom is 0.277 e. The topological polar surface area (TPSA) is 125 Å². The molecule has 1 heterocycles. The largest absolute Gasteiger partial charge is 0.411 e. The van der Waals surface area contributed by atoms with Gasteiger partial charge < -0.3 is 10.2 Å². The number of nitrogens with two attached hydrogens (primary N) is 1. The zero-order valence-corrected chi connectivity index (χ0v) is 11.2. The molecule has 1 aromatic heterocycles. The number of primary amides is 1. The third kappa shape index (κ3) is 3.12. The summed E-state index contributed by atoms with van der Waals surface area (Å²) in [5, 5.41) is 17.9. The van der Waals surface area contributed by atoms with Crippen molar-refractivity contribution in [1.29, 1.82) is 0 Å². The summed E-state index contributed by atoms with van der Waals surface area (Å²) in [6, 6.07) is 5.84. The van der Waals surface area contributed by atoms with E-state index >= 15 is 0 Å². The first-order valence-electron chi connectivity index (χ1n) is 5.51. The molecule has 9 heteroatoms. The lowest BCUT2D eigenvalue weighted by Gasteiger charge is -2.00. The summed E-state index contributed by atoms with van der Waals surface area (Å²) in [7, 11) is 0. The Morgan fingerprint density at radius 1 is 1.50 bits per heavy atom. The predicted molar refractivity (Wildman–Crippen MR) is 70.9 cm³/mol. The number of thioether (sulfide) groups is 1. The fourth-order valence-electron chi connectivity index (χ4n) is 1.34. The lowest BCUT2D eigenvalue weighted by Crippen LogP contribution is -2.22. The molecule has 0 radical (unpaired) electrons. The first-order valence-corrected chi connectivity index (χ1v) is 6.39. The van der Waals surface area contributed by atoms with Gasteiger partial charge in [0.25, 0.3) is 10.9 Å². The number of rotatable bonds is 5. The minimum Gasteiger partial charge on any atom is -0.411 e. The van der Waals surface area contributed by atoms with E-state index in [1.165, 1.54) is 18.2 Å². The molecule has 0 aliphatic rings. The highest BCUT2D eigenvalue weighted by Gasteiger charge is 2.17. The van der Waals surface area contributed by atoms with Crippen LogP contribution in [-0.2, 0) is 4.79 Å². The summed E-state index contributed by atoms with van der Waals surface area (Å²) >= 11 is 1.03. The Bertz CT molecular complexity index is 657. The normalized spacial score (nSPS) is 12.1. The number of benzene rings is 1. The van der Waals surface area contributed by atoms with Crippen LogP contribution in [0, 0.1) is 10.1 Å². The molecule has 1 aromatic carbocycles. The maximum atomic E-state index is 10.9. The molecule has 0 bridgehead atoms. The van der Waals surface area contributed by atoms with Gasteiger partial charge in [-0.2, -0.15) is 0 Å². The van der Waals surface area contributed by atoms with Crippen molar-refractivity contribution in [3.63, 3.8) is 0 Å². The van der Waals surface area contributed by atoms with Crippen LogP contribution in [0.5, 0.6) is 0 Å². The number of nitrogens with zero attached hydrogens (tertiary/aromatic N) is 3. The molecule has 0 aliphatic carbocycles. The van der Waals surface area contributed by atoms with E-state index in [1.54, 1.807) is 13.0 Å². The second-order valence-corrected chi connectivity index (χ2v) is 5.14. The lowest BCUT2D eigenvalue weighted by molar-refractivity contribution is -0.384. The SMILES string of the molecule is C[C@H](Sc1nnc(-c2cccc([N+](=O)[O-])c2)o1)C(N)=O. The molecule has 0 unspecified atom stereocenters. The molecule has 1 amide bonds.